The molecule has 1 unspecified atom stereocenters. The summed E-state index contributed by atoms with van der Waals surface area (Å²) in [6.45, 7) is 11.0. The molecule has 0 fully saturated rings. The molecule has 2 aromatic heterocycles. The van der Waals surface area contributed by atoms with Gasteiger partial charge in [-0.05, 0) is 26.7 Å². The van der Waals surface area contributed by atoms with Crippen LogP contribution in [0.25, 0.3) is 0 Å². The SMILES string of the molecule is CCC(N)(CC)C1=CN(CC2CN(Cc3ncc(C)c(OC)c3C)c3nc(N)nc(Cl)c32)CC=N1. The molecule has 2 aliphatic heterocycles. The van der Waals surface area contributed by atoms with Crippen molar-refractivity contribution in [3.05, 3.63) is 45.6 Å². The number of nitrogen functional groups attached to an aromatic ring is 1. The van der Waals surface area contributed by atoms with Crippen molar-refractivity contribution >= 4 is 29.6 Å². The summed E-state index contributed by atoms with van der Waals surface area (Å²) < 4.78 is 5.61. The number of hydrogen-bond acceptors (Lipinski definition) is 9. The molecule has 0 radical (unpaired) electrons. The number of pyridine rings is 1. The lowest BCUT2D eigenvalue weighted by Crippen LogP contribution is -2.42. The van der Waals surface area contributed by atoms with Crippen molar-refractivity contribution in [3.63, 3.8) is 0 Å². The third kappa shape index (κ3) is 4.79. The molecule has 0 bridgehead atoms. The molecule has 0 spiro atoms. The lowest BCUT2D eigenvalue weighted by molar-refractivity contribution is 0.369. The highest BCUT2D eigenvalue weighted by Gasteiger charge is 2.36. The highest BCUT2D eigenvalue weighted by molar-refractivity contribution is 6.30. The van der Waals surface area contributed by atoms with Crippen molar-refractivity contribution in [2.24, 2.45) is 10.7 Å². The lowest BCUT2D eigenvalue weighted by atomic mass is 9.90. The van der Waals surface area contributed by atoms with Crippen molar-refractivity contribution in [2.75, 3.05) is 37.4 Å². The predicted octanol–water partition coefficient (Wildman–Crippen LogP) is 3.58. The number of aryl methyl sites for hydroxylation is 1. The summed E-state index contributed by atoms with van der Waals surface area (Å²) in [6, 6.07) is 0. The zero-order valence-corrected chi connectivity index (χ0v) is 21.9. The number of fused-ring (bicyclic) bond motifs is 1. The Kier molecular flexibility index (Phi) is 7.19. The van der Waals surface area contributed by atoms with E-state index in [0.717, 1.165) is 65.6 Å². The zero-order valence-electron chi connectivity index (χ0n) is 21.2. The van der Waals surface area contributed by atoms with Crippen molar-refractivity contribution in [3.8, 4) is 5.75 Å². The fourth-order valence-electron chi connectivity index (χ4n) is 4.97. The number of aromatic nitrogens is 3. The molecule has 4 heterocycles. The average Bonchev–Trinajstić information content (AvgIpc) is 3.17. The molecule has 0 aromatic carbocycles. The summed E-state index contributed by atoms with van der Waals surface area (Å²) in [4.78, 5) is 22.6. The number of hydrogen-bond donors (Lipinski definition) is 2. The van der Waals surface area contributed by atoms with E-state index in [1.165, 1.54) is 0 Å². The Hall–Kier alpha value is -2.91. The quantitative estimate of drug-likeness (QED) is 0.530. The molecule has 188 valence electrons. The standard InChI is InChI=1S/C25H35ClN8O/c1-6-25(28,7-2)19-14-33(9-8-29-19)11-17-12-34(23-20(17)22(26)31-24(27)32-23)13-18-16(4)21(35-5)15(3)10-30-18/h8,10,14,17H,6-7,9,11-13,28H2,1-5H3,(H2,27,31,32). The molecule has 9 nitrogen and oxygen atoms in total. The van der Waals surface area contributed by atoms with Gasteiger partial charge in [0.2, 0.25) is 5.95 Å². The van der Waals surface area contributed by atoms with Crippen LogP contribution in [0.4, 0.5) is 11.8 Å². The number of methoxy groups -OCH3 is 1. The molecule has 10 heteroatoms. The number of aliphatic imine (C=N–C) groups is 1. The van der Waals surface area contributed by atoms with Crippen LogP contribution in [-0.2, 0) is 6.54 Å². The number of rotatable bonds is 8. The minimum Gasteiger partial charge on any atom is -0.496 e. The summed E-state index contributed by atoms with van der Waals surface area (Å²) in [7, 11) is 1.69. The van der Waals surface area contributed by atoms with E-state index < -0.39 is 5.54 Å². The fraction of sp³-hybridized carbons (Fsp3) is 0.520. The van der Waals surface area contributed by atoms with E-state index in [9.17, 15) is 0 Å². The summed E-state index contributed by atoms with van der Waals surface area (Å²) in [6.07, 6.45) is 7.52. The van der Waals surface area contributed by atoms with E-state index in [0.29, 0.717) is 18.2 Å². The third-order valence-corrected chi connectivity index (χ3v) is 7.50. The molecule has 4 rings (SSSR count). The summed E-state index contributed by atoms with van der Waals surface area (Å²) in [5.74, 6) is 1.87. The Morgan fingerprint density at radius 1 is 1.23 bits per heavy atom. The maximum Gasteiger partial charge on any atom is 0.223 e. The third-order valence-electron chi connectivity index (χ3n) is 7.21. The number of anilines is 2. The molecule has 2 aliphatic rings. The first-order valence-electron chi connectivity index (χ1n) is 12.0. The second-order valence-electron chi connectivity index (χ2n) is 9.38. The van der Waals surface area contributed by atoms with Crippen molar-refractivity contribution in [1.82, 2.24) is 19.9 Å². The van der Waals surface area contributed by atoms with Crippen molar-refractivity contribution in [1.29, 1.82) is 0 Å². The van der Waals surface area contributed by atoms with Crippen LogP contribution in [0.5, 0.6) is 5.75 Å². The minimum atomic E-state index is -0.433. The highest BCUT2D eigenvalue weighted by Crippen LogP contribution is 2.41. The van der Waals surface area contributed by atoms with Crippen LogP contribution in [-0.4, -0.2) is 58.3 Å². The van der Waals surface area contributed by atoms with Crippen molar-refractivity contribution < 1.29 is 4.74 Å². The normalized spacial score (nSPS) is 17.6. The van der Waals surface area contributed by atoms with E-state index >= 15 is 0 Å². The van der Waals surface area contributed by atoms with Gasteiger partial charge in [0.05, 0.1) is 37.1 Å². The molecule has 35 heavy (non-hydrogen) atoms. The fourth-order valence-corrected chi connectivity index (χ4v) is 5.29. The number of nitrogens with zero attached hydrogens (tertiary/aromatic N) is 6. The van der Waals surface area contributed by atoms with E-state index in [2.05, 4.69) is 49.8 Å². The molecular weight excluding hydrogens is 464 g/mol. The van der Waals surface area contributed by atoms with Crippen LogP contribution in [0.15, 0.2) is 23.1 Å². The molecular formula is C25H35ClN8O. The number of nitrogens with two attached hydrogens (primary N) is 2. The molecule has 0 aliphatic carbocycles. The maximum absolute atomic E-state index is 6.63. The zero-order chi connectivity index (χ0) is 25.3. The van der Waals surface area contributed by atoms with Gasteiger partial charge in [0.1, 0.15) is 16.7 Å². The molecule has 4 N–H and O–H groups in total. The van der Waals surface area contributed by atoms with Crippen LogP contribution in [0.2, 0.25) is 5.15 Å². The summed E-state index contributed by atoms with van der Waals surface area (Å²) in [5, 5.41) is 0.399. The lowest BCUT2D eigenvalue weighted by Gasteiger charge is -2.33. The summed E-state index contributed by atoms with van der Waals surface area (Å²) >= 11 is 6.63. The van der Waals surface area contributed by atoms with Gasteiger partial charge in [-0.1, -0.05) is 25.4 Å². The van der Waals surface area contributed by atoms with Gasteiger partial charge in [-0.15, -0.1) is 0 Å². The second kappa shape index (κ2) is 9.99. The second-order valence-corrected chi connectivity index (χ2v) is 9.73. The maximum atomic E-state index is 6.63. The van der Waals surface area contributed by atoms with Gasteiger partial charge >= 0.3 is 0 Å². The highest BCUT2D eigenvalue weighted by atomic mass is 35.5. The summed E-state index contributed by atoms with van der Waals surface area (Å²) in [5.41, 5.74) is 17.0. The molecule has 0 saturated carbocycles. The van der Waals surface area contributed by atoms with E-state index in [1.807, 2.05) is 26.3 Å². The van der Waals surface area contributed by atoms with Gasteiger partial charge < -0.3 is 26.0 Å². The first-order chi connectivity index (χ1) is 16.7. The van der Waals surface area contributed by atoms with Gasteiger partial charge in [0, 0.05) is 54.3 Å². The van der Waals surface area contributed by atoms with Crippen LogP contribution < -0.4 is 21.1 Å². The minimum absolute atomic E-state index is 0.0881. The van der Waals surface area contributed by atoms with Gasteiger partial charge in [-0.2, -0.15) is 4.98 Å². The van der Waals surface area contributed by atoms with Crippen molar-refractivity contribution in [2.45, 2.75) is 58.5 Å². The Labute approximate surface area is 212 Å². The number of halogens is 1. The molecule has 2 aromatic rings. The Balaban J connectivity index is 1.63. The molecule has 1 atom stereocenters. The Morgan fingerprint density at radius 3 is 2.66 bits per heavy atom. The molecule has 0 amide bonds. The van der Waals surface area contributed by atoms with Gasteiger partial charge in [0.15, 0.2) is 0 Å². The average molecular weight is 499 g/mol. The van der Waals surface area contributed by atoms with Gasteiger partial charge in [-0.3, -0.25) is 9.98 Å². The Morgan fingerprint density at radius 2 is 1.97 bits per heavy atom. The topological polar surface area (TPSA) is 119 Å². The predicted molar refractivity (Wildman–Crippen MR) is 141 cm³/mol. The van der Waals surface area contributed by atoms with E-state index in [-0.39, 0.29) is 11.9 Å². The smallest absolute Gasteiger partial charge is 0.223 e. The van der Waals surface area contributed by atoms with Crippen LogP contribution in [0.3, 0.4) is 0 Å². The molecule has 0 saturated heterocycles. The van der Waals surface area contributed by atoms with Crippen LogP contribution in [0, 0.1) is 13.8 Å². The van der Waals surface area contributed by atoms with Gasteiger partial charge in [-0.25, -0.2) is 4.98 Å². The monoisotopic (exact) mass is 498 g/mol. The van der Waals surface area contributed by atoms with Crippen LogP contribution >= 0.6 is 11.6 Å². The van der Waals surface area contributed by atoms with E-state index in [1.54, 1.807) is 7.11 Å². The van der Waals surface area contributed by atoms with E-state index in [4.69, 9.17) is 27.8 Å². The Bertz CT molecular complexity index is 1160. The largest absolute Gasteiger partial charge is 0.496 e. The first kappa shape index (κ1) is 25.2. The van der Waals surface area contributed by atoms with Gasteiger partial charge in [0.25, 0.3) is 0 Å². The number of ether oxygens (including phenoxy) is 1. The van der Waals surface area contributed by atoms with Crippen LogP contribution in [0.1, 0.15) is 55.0 Å². The first-order valence-corrected chi connectivity index (χ1v) is 12.4.